The van der Waals surface area contributed by atoms with Gasteiger partial charge in [0, 0.05) is 31.1 Å². The third kappa shape index (κ3) is 2.66. The summed E-state index contributed by atoms with van der Waals surface area (Å²) in [5.74, 6) is 0.170. The second kappa shape index (κ2) is 5.08. The number of carbonyl (C=O) groups excluding carboxylic acids is 1. The topological polar surface area (TPSA) is 41.6 Å². The maximum Gasteiger partial charge on any atom is 0.416 e. The number of hydrogen-bond donors (Lipinski definition) is 1. The van der Waals surface area contributed by atoms with Gasteiger partial charge in [0.1, 0.15) is 12.0 Å². The first-order chi connectivity index (χ1) is 10.3. The molecule has 0 spiro atoms. The molecular weight excluding hydrogens is 297 g/mol. The van der Waals surface area contributed by atoms with Gasteiger partial charge in [0.25, 0.3) is 5.91 Å². The van der Waals surface area contributed by atoms with Crippen LogP contribution in [0.2, 0.25) is 0 Å². The van der Waals surface area contributed by atoms with Crippen molar-refractivity contribution in [1.29, 1.82) is 0 Å². The average Bonchev–Trinajstić information content (AvgIpc) is 2.79. The molecule has 0 saturated heterocycles. The summed E-state index contributed by atoms with van der Waals surface area (Å²) in [7, 11) is 0. The van der Waals surface area contributed by atoms with Crippen molar-refractivity contribution < 1.29 is 22.7 Å². The third-order valence-corrected chi connectivity index (χ3v) is 3.50. The fourth-order valence-electron chi connectivity index (χ4n) is 2.56. The SMILES string of the molecule is CC1=CN(Cc2cc3c(c(C(F)(F)F)c2)CNC3=O)C=CO1. The lowest BCUT2D eigenvalue weighted by atomic mass is 9.98. The molecule has 0 bridgehead atoms. The summed E-state index contributed by atoms with van der Waals surface area (Å²) in [6.45, 7) is 1.88. The zero-order valence-electron chi connectivity index (χ0n) is 11.7. The van der Waals surface area contributed by atoms with Gasteiger partial charge in [0.05, 0.1) is 5.56 Å². The van der Waals surface area contributed by atoms with E-state index in [9.17, 15) is 18.0 Å². The molecule has 1 N–H and O–H groups in total. The summed E-state index contributed by atoms with van der Waals surface area (Å²) < 4.78 is 44.7. The molecule has 0 atom stereocenters. The van der Waals surface area contributed by atoms with E-state index in [0.717, 1.165) is 6.07 Å². The molecule has 0 saturated carbocycles. The van der Waals surface area contributed by atoms with Gasteiger partial charge in [-0.2, -0.15) is 13.2 Å². The normalized spacial score (nSPS) is 17.0. The number of rotatable bonds is 2. The zero-order valence-corrected chi connectivity index (χ0v) is 11.7. The number of alkyl halides is 3. The van der Waals surface area contributed by atoms with Crippen LogP contribution in [0.25, 0.3) is 0 Å². The van der Waals surface area contributed by atoms with Crippen LogP contribution < -0.4 is 5.32 Å². The lowest BCUT2D eigenvalue weighted by Gasteiger charge is -2.21. The molecule has 0 aromatic heterocycles. The Morgan fingerprint density at radius 2 is 2.14 bits per heavy atom. The van der Waals surface area contributed by atoms with E-state index in [1.807, 2.05) is 0 Å². The molecular formula is C15H13F3N2O2. The summed E-state index contributed by atoms with van der Waals surface area (Å²) >= 11 is 0. The van der Waals surface area contributed by atoms with Crippen LogP contribution in [-0.4, -0.2) is 10.8 Å². The van der Waals surface area contributed by atoms with Gasteiger partial charge < -0.3 is 15.0 Å². The molecule has 2 aliphatic heterocycles. The average molecular weight is 310 g/mol. The van der Waals surface area contributed by atoms with E-state index in [-0.39, 0.29) is 24.2 Å². The van der Waals surface area contributed by atoms with Gasteiger partial charge in [-0.15, -0.1) is 0 Å². The first-order valence-corrected chi connectivity index (χ1v) is 6.63. The summed E-state index contributed by atoms with van der Waals surface area (Å²) in [4.78, 5) is 13.4. The van der Waals surface area contributed by atoms with Crippen molar-refractivity contribution in [2.75, 3.05) is 0 Å². The van der Waals surface area contributed by atoms with Crippen molar-refractivity contribution in [3.8, 4) is 0 Å². The monoisotopic (exact) mass is 310 g/mol. The number of nitrogens with zero attached hydrogens (tertiary/aromatic N) is 1. The Hall–Kier alpha value is -2.44. The van der Waals surface area contributed by atoms with Crippen LogP contribution in [0.15, 0.2) is 36.6 Å². The predicted octanol–water partition coefficient (Wildman–Crippen LogP) is 3.11. The number of ether oxygens (including phenoxy) is 1. The summed E-state index contributed by atoms with van der Waals surface area (Å²) in [6, 6.07) is 2.62. The summed E-state index contributed by atoms with van der Waals surface area (Å²) in [5.41, 5.74) is -0.219. The van der Waals surface area contributed by atoms with Crippen LogP contribution in [0.4, 0.5) is 13.2 Å². The van der Waals surface area contributed by atoms with Gasteiger partial charge in [0.2, 0.25) is 0 Å². The number of carbonyl (C=O) groups is 1. The minimum atomic E-state index is -4.49. The molecule has 0 fully saturated rings. The lowest BCUT2D eigenvalue weighted by Crippen LogP contribution is -2.16. The highest BCUT2D eigenvalue weighted by molar-refractivity contribution is 5.99. The van der Waals surface area contributed by atoms with E-state index in [0.29, 0.717) is 11.3 Å². The Morgan fingerprint density at radius 1 is 1.36 bits per heavy atom. The molecule has 0 aliphatic carbocycles. The number of amides is 1. The molecule has 22 heavy (non-hydrogen) atoms. The minimum absolute atomic E-state index is 0.0190. The van der Waals surface area contributed by atoms with Gasteiger partial charge in [-0.05, 0) is 30.2 Å². The molecule has 1 aromatic rings. The van der Waals surface area contributed by atoms with Gasteiger partial charge >= 0.3 is 6.18 Å². The highest BCUT2D eigenvalue weighted by Gasteiger charge is 2.37. The van der Waals surface area contributed by atoms with Crippen LogP contribution in [0, 0.1) is 0 Å². The largest absolute Gasteiger partial charge is 0.467 e. The van der Waals surface area contributed by atoms with E-state index in [2.05, 4.69) is 5.32 Å². The Bertz CT molecular complexity index is 693. The summed E-state index contributed by atoms with van der Waals surface area (Å²) in [5, 5.41) is 2.44. The van der Waals surface area contributed by atoms with E-state index in [4.69, 9.17) is 4.74 Å². The smallest absolute Gasteiger partial charge is 0.416 e. The van der Waals surface area contributed by atoms with Crippen LogP contribution in [0.1, 0.15) is 34.0 Å². The van der Waals surface area contributed by atoms with Crippen molar-refractivity contribution in [2.24, 2.45) is 0 Å². The molecule has 2 aliphatic rings. The minimum Gasteiger partial charge on any atom is -0.467 e. The van der Waals surface area contributed by atoms with E-state index < -0.39 is 17.6 Å². The number of fused-ring (bicyclic) bond motifs is 1. The van der Waals surface area contributed by atoms with Crippen LogP contribution in [-0.2, 0) is 24.0 Å². The highest BCUT2D eigenvalue weighted by atomic mass is 19.4. The Labute approximate surface area is 124 Å². The van der Waals surface area contributed by atoms with E-state index >= 15 is 0 Å². The molecule has 0 radical (unpaired) electrons. The Kier molecular flexibility index (Phi) is 3.35. The van der Waals surface area contributed by atoms with Gasteiger partial charge in [-0.1, -0.05) is 0 Å². The third-order valence-electron chi connectivity index (χ3n) is 3.50. The van der Waals surface area contributed by atoms with Crippen molar-refractivity contribution >= 4 is 5.91 Å². The van der Waals surface area contributed by atoms with Gasteiger partial charge in [-0.25, -0.2) is 0 Å². The second-order valence-corrected chi connectivity index (χ2v) is 5.17. The first kappa shape index (κ1) is 14.5. The molecule has 1 amide bonds. The fourth-order valence-corrected chi connectivity index (χ4v) is 2.56. The lowest BCUT2D eigenvalue weighted by molar-refractivity contribution is -0.138. The maximum absolute atomic E-state index is 13.2. The zero-order chi connectivity index (χ0) is 15.9. The molecule has 0 unspecified atom stereocenters. The van der Waals surface area contributed by atoms with Crippen molar-refractivity contribution in [3.05, 3.63) is 58.8 Å². The highest BCUT2D eigenvalue weighted by Crippen LogP contribution is 2.36. The van der Waals surface area contributed by atoms with Crippen molar-refractivity contribution in [3.63, 3.8) is 0 Å². The van der Waals surface area contributed by atoms with Crippen LogP contribution in [0.5, 0.6) is 0 Å². The van der Waals surface area contributed by atoms with Crippen molar-refractivity contribution in [1.82, 2.24) is 10.2 Å². The maximum atomic E-state index is 13.2. The molecule has 1 aromatic carbocycles. The number of halogens is 3. The number of hydrogen-bond acceptors (Lipinski definition) is 3. The number of allylic oxidation sites excluding steroid dienone is 1. The predicted molar refractivity (Wildman–Crippen MR) is 72.1 cm³/mol. The molecule has 3 rings (SSSR count). The van der Waals surface area contributed by atoms with Crippen molar-refractivity contribution in [2.45, 2.75) is 26.2 Å². The second-order valence-electron chi connectivity index (χ2n) is 5.17. The van der Waals surface area contributed by atoms with Gasteiger partial charge in [-0.3, -0.25) is 4.79 Å². The quantitative estimate of drug-likeness (QED) is 0.912. The Morgan fingerprint density at radius 3 is 2.82 bits per heavy atom. The molecule has 2 heterocycles. The first-order valence-electron chi connectivity index (χ1n) is 6.63. The van der Waals surface area contributed by atoms with E-state index in [1.165, 1.54) is 12.3 Å². The Balaban J connectivity index is 1.99. The van der Waals surface area contributed by atoms with Crippen LogP contribution in [0.3, 0.4) is 0 Å². The molecule has 116 valence electrons. The van der Waals surface area contributed by atoms with Crippen LogP contribution >= 0.6 is 0 Å². The molecule has 4 nitrogen and oxygen atoms in total. The molecule has 7 heteroatoms. The van der Waals surface area contributed by atoms with E-state index in [1.54, 1.807) is 24.2 Å². The fraction of sp³-hybridized carbons (Fsp3) is 0.267. The number of benzene rings is 1. The van der Waals surface area contributed by atoms with Gasteiger partial charge in [0.15, 0.2) is 0 Å². The standard InChI is InChI=1S/C15H13F3N2O2/c1-9-7-20(2-3-22-9)8-10-4-11-12(6-19-14(11)21)13(5-10)15(16,17)18/h2-5,7H,6,8H2,1H3,(H,19,21). The summed E-state index contributed by atoms with van der Waals surface area (Å²) in [6.07, 6.45) is 0.271. The number of nitrogens with one attached hydrogen (secondary N) is 1.